The minimum absolute atomic E-state index is 0.0251. The zero-order valence-electron chi connectivity index (χ0n) is 16.5. The summed E-state index contributed by atoms with van der Waals surface area (Å²) in [5.41, 5.74) is 0.0472. The third-order valence-electron chi connectivity index (χ3n) is 7.49. The summed E-state index contributed by atoms with van der Waals surface area (Å²) in [6.07, 6.45) is 3.15. The van der Waals surface area contributed by atoms with E-state index in [1.807, 2.05) is 0 Å². The van der Waals surface area contributed by atoms with Crippen LogP contribution in [0, 0.1) is 5.41 Å². The summed E-state index contributed by atoms with van der Waals surface area (Å²) in [5.74, 6) is 0.865. The van der Waals surface area contributed by atoms with Crippen LogP contribution >= 0.6 is 0 Å². The number of halogens is 3. The van der Waals surface area contributed by atoms with E-state index in [4.69, 9.17) is 0 Å². The number of likely N-dealkylation sites (tertiary alicyclic amines) is 1. The van der Waals surface area contributed by atoms with E-state index in [0.717, 1.165) is 70.2 Å². The highest BCUT2D eigenvalue weighted by molar-refractivity contribution is 7.92. The number of hydrogen-bond acceptors (Lipinski definition) is 4. The van der Waals surface area contributed by atoms with Crippen LogP contribution in [0.3, 0.4) is 0 Å². The van der Waals surface area contributed by atoms with Gasteiger partial charge in [0.25, 0.3) is 0 Å². The SMILES string of the molecule is O=S1(=O)CC2(CCN([C@H]3CC[C@@H](c4cc(C(F)(F)F)nn4C4CC4)CC3)CC2)C1. The zero-order valence-corrected chi connectivity index (χ0v) is 17.3. The summed E-state index contributed by atoms with van der Waals surface area (Å²) in [4.78, 5) is 2.49. The molecule has 5 nitrogen and oxygen atoms in total. The molecule has 1 aromatic heterocycles. The first-order valence-corrected chi connectivity index (χ1v) is 12.6. The van der Waals surface area contributed by atoms with Crippen LogP contribution in [0.5, 0.6) is 0 Å². The molecule has 0 radical (unpaired) electrons. The van der Waals surface area contributed by atoms with Gasteiger partial charge in [0.05, 0.1) is 17.5 Å². The van der Waals surface area contributed by atoms with Crippen molar-refractivity contribution in [2.75, 3.05) is 24.6 Å². The summed E-state index contributed by atoms with van der Waals surface area (Å²) in [7, 11) is -2.79. The number of nitrogens with zero attached hydrogens (tertiary/aromatic N) is 3. The van der Waals surface area contributed by atoms with Crippen molar-refractivity contribution in [2.45, 2.75) is 75.5 Å². The van der Waals surface area contributed by atoms with E-state index in [0.29, 0.717) is 17.5 Å². The third-order valence-corrected chi connectivity index (χ3v) is 9.59. The minimum Gasteiger partial charge on any atom is -0.300 e. The van der Waals surface area contributed by atoms with Gasteiger partial charge < -0.3 is 4.90 Å². The summed E-state index contributed by atoms with van der Waals surface area (Å²) in [6.45, 7) is 1.90. The number of rotatable bonds is 3. The lowest BCUT2D eigenvalue weighted by Gasteiger charge is -2.49. The van der Waals surface area contributed by atoms with Crippen molar-refractivity contribution in [1.82, 2.24) is 14.7 Å². The van der Waals surface area contributed by atoms with E-state index < -0.39 is 21.7 Å². The average molecular weight is 432 g/mol. The van der Waals surface area contributed by atoms with Gasteiger partial charge in [0.15, 0.2) is 15.5 Å². The van der Waals surface area contributed by atoms with E-state index >= 15 is 0 Å². The van der Waals surface area contributed by atoms with Crippen molar-refractivity contribution in [1.29, 1.82) is 0 Å². The Bertz CT molecular complexity index is 861. The van der Waals surface area contributed by atoms with Gasteiger partial charge in [-0.1, -0.05) is 0 Å². The molecule has 29 heavy (non-hydrogen) atoms. The maximum Gasteiger partial charge on any atom is 0.435 e. The van der Waals surface area contributed by atoms with E-state index in [-0.39, 0.29) is 17.4 Å². The van der Waals surface area contributed by atoms with Gasteiger partial charge in [-0.2, -0.15) is 18.3 Å². The largest absolute Gasteiger partial charge is 0.435 e. The molecule has 1 spiro atoms. The van der Waals surface area contributed by atoms with Crippen molar-refractivity contribution in [3.8, 4) is 0 Å². The molecule has 4 aliphatic rings. The Morgan fingerprint density at radius 2 is 1.55 bits per heavy atom. The van der Waals surface area contributed by atoms with Crippen molar-refractivity contribution >= 4 is 9.84 Å². The lowest BCUT2D eigenvalue weighted by atomic mass is 9.78. The lowest BCUT2D eigenvalue weighted by Crippen LogP contribution is -2.56. The first-order valence-electron chi connectivity index (χ1n) is 10.8. The fourth-order valence-corrected chi connectivity index (χ4v) is 8.10. The maximum absolute atomic E-state index is 13.2. The Kier molecular flexibility index (Phi) is 4.59. The molecule has 2 aliphatic heterocycles. The smallest absolute Gasteiger partial charge is 0.300 e. The van der Waals surface area contributed by atoms with Crippen LogP contribution in [0.4, 0.5) is 13.2 Å². The van der Waals surface area contributed by atoms with E-state index in [2.05, 4.69) is 10.00 Å². The number of hydrogen-bond donors (Lipinski definition) is 0. The molecule has 5 rings (SSSR count). The maximum atomic E-state index is 13.2. The molecule has 0 atom stereocenters. The molecule has 2 aliphatic carbocycles. The Morgan fingerprint density at radius 1 is 0.966 bits per heavy atom. The first kappa shape index (κ1) is 19.8. The van der Waals surface area contributed by atoms with Crippen LogP contribution < -0.4 is 0 Å². The predicted molar refractivity (Wildman–Crippen MR) is 102 cm³/mol. The highest BCUT2D eigenvalue weighted by Gasteiger charge is 2.50. The Labute approximate surface area is 169 Å². The Balaban J connectivity index is 1.20. The summed E-state index contributed by atoms with van der Waals surface area (Å²) >= 11 is 0. The van der Waals surface area contributed by atoms with Gasteiger partial charge in [0.1, 0.15) is 0 Å². The molecule has 3 heterocycles. The highest BCUT2D eigenvalue weighted by Crippen LogP contribution is 2.45. The summed E-state index contributed by atoms with van der Waals surface area (Å²) in [6, 6.07) is 1.90. The van der Waals surface area contributed by atoms with Gasteiger partial charge in [-0.25, -0.2) is 8.42 Å². The number of piperidine rings is 1. The van der Waals surface area contributed by atoms with Crippen LogP contribution in [0.15, 0.2) is 6.07 Å². The van der Waals surface area contributed by atoms with E-state index in [1.165, 1.54) is 6.07 Å². The molecule has 0 bridgehead atoms. The molecular formula is C20H28F3N3O2S. The molecule has 4 fully saturated rings. The Hall–Kier alpha value is -1.09. The van der Waals surface area contributed by atoms with Gasteiger partial charge in [-0.15, -0.1) is 0 Å². The van der Waals surface area contributed by atoms with Gasteiger partial charge in [-0.05, 0) is 70.5 Å². The molecule has 1 aromatic rings. The molecule has 0 N–H and O–H groups in total. The van der Waals surface area contributed by atoms with Gasteiger partial charge in [0.2, 0.25) is 0 Å². The van der Waals surface area contributed by atoms with E-state index in [1.54, 1.807) is 4.68 Å². The topological polar surface area (TPSA) is 55.2 Å². The number of sulfone groups is 1. The molecule has 2 saturated carbocycles. The van der Waals surface area contributed by atoms with E-state index in [9.17, 15) is 21.6 Å². The van der Waals surface area contributed by atoms with Gasteiger partial charge >= 0.3 is 6.18 Å². The quantitative estimate of drug-likeness (QED) is 0.731. The third kappa shape index (κ3) is 3.84. The van der Waals surface area contributed by atoms with Crippen LogP contribution in [0.25, 0.3) is 0 Å². The normalized spacial score (nSPS) is 32.2. The van der Waals surface area contributed by atoms with Crippen molar-refractivity contribution in [3.63, 3.8) is 0 Å². The lowest BCUT2D eigenvalue weighted by molar-refractivity contribution is -0.141. The molecule has 0 unspecified atom stereocenters. The molecule has 0 amide bonds. The molecule has 2 saturated heterocycles. The van der Waals surface area contributed by atoms with Crippen molar-refractivity contribution in [2.24, 2.45) is 5.41 Å². The highest BCUT2D eigenvalue weighted by atomic mass is 32.2. The van der Waals surface area contributed by atoms with Crippen LogP contribution in [0.1, 0.15) is 74.7 Å². The second-order valence-electron chi connectivity index (χ2n) is 9.70. The van der Waals surface area contributed by atoms with Crippen LogP contribution in [-0.2, 0) is 16.0 Å². The predicted octanol–water partition coefficient (Wildman–Crippen LogP) is 3.77. The van der Waals surface area contributed by atoms with Crippen LogP contribution in [-0.4, -0.2) is 53.7 Å². The monoisotopic (exact) mass is 431 g/mol. The molecule has 162 valence electrons. The Morgan fingerprint density at radius 3 is 2.07 bits per heavy atom. The zero-order chi connectivity index (χ0) is 20.4. The second-order valence-corrected chi connectivity index (χ2v) is 11.8. The molecule has 0 aromatic carbocycles. The molecular weight excluding hydrogens is 403 g/mol. The summed E-state index contributed by atoms with van der Waals surface area (Å²) < 4.78 is 64.3. The fraction of sp³-hybridized carbons (Fsp3) is 0.850. The standard InChI is InChI=1S/C20H28F3N3O2S/c21-20(22,23)18-11-17(26(24-18)16-5-6-16)14-1-3-15(4-2-14)25-9-7-19(8-10-25)12-29(27,28)13-19/h11,14-16H,1-10,12-13H2/t14-,15+. The minimum atomic E-state index is -4.38. The van der Waals surface area contributed by atoms with Gasteiger partial charge in [0, 0.05) is 23.1 Å². The average Bonchev–Trinajstić information content (AvgIpc) is 3.38. The second kappa shape index (κ2) is 6.70. The fourth-order valence-electron chi connectivity index (χ4n) is 5.74. The number of alkyl halides is 3. The summed E-state index contributed by atoms with van der Waals surface area (Å²) in [5, 5.41) is 3.90. The molecule has 9 heteroatoms. The number of aromatic nitrogens is 2. The van der Waals surface area contributed by atoms with Gasteiger partial charge in [-0.3, -0.25) is 4.68 Å². The van der Waals surface area contributed by atoms with Crippen LogP contribution in [0.2, 0.25) is 0 Å². The van der Waals surface area contributed by atoms with Crippen molar-refractivity contribution in [3.05, 3.63) is 17.5 Å². The van der Waals surface area contributed by atoms with Crippen molar-refractivity contribution < 1.29 is 21.6 Å². The first-order chi connectivity index (χ1) is 13.6.